The number of hydrogen-bond donors (Lipinski definition) is 0. The second-order valence-electron chi connectivity index (χ2n) is 6.01. The highest BCUT2D eigenvalue weighted by Gasteiger charge is 2.30. The number of Topliss-reactive ketones (excluding diaryl/α,β-unsaturated/α-hetero) is 1. The largest absolute Gasteiger partial charge is 0.488 e. The molecule has 1 aliphatic heterocycles. The smallest absolute Gasteiger partial charge is 0.232 e. The lowest BCUT2D eigenvalue weighted by Crippen LogP contribution is -2.03. The van der Waals surface area contributed by atoms with Gasteiger partial charge in [-0.25, -0.2) is 8.78 Å². The monoisotopic (exact) mass is 368 g/mol. The van der Waals surface area contributed by atoms with Gasteiger partial charge in [0.25, 0.3) is 0 Å². The van der Waals surface area contributed by atoms with E-state index in [-0.39, 0.29) is 23.7 Å². The number of carbonyl (C=O) groups is 1. The van der Waals surface area contributed by atoms with Crippen molar-refractivity contribution >= 4 is 11.9 Å². The van der Waals surface area contributed by atoms with Gasteiger partial charge in [0.05, 0.1) is 17.4 Å². The maximum Gasteiger partial charge on any atom is 0.232 e. The summed E-state index contributed by atoms with van der Waals surface area (Å²) in [5.41, 5.74) is 0.808. The molecule has 0 aliphatic carbocycles. The van der Waals surface area contributed by atoms with Gasteiger partial charge in [-0.1, -0.05) is 6.07 Å². The summed E-state index contributed by atoms with van der Waals surface area (Å²) in [6.45, 7) is 1.44. The average Bonchev–Trinajstić information content (AvgIpc) is 3.26. The van der Waals surface area contributed by atoms with Gasteiger partial charge in [-0.2, -0.15) is 0 Å². The van der Waals surface area contributed by atoms with Gasteiger partial charge in [0.2, 0.25) is 5.78 Å². The van der Waals surface area contributed by atoms with Gasteiger partial charge in [0.1, 0.15) is 35.5 Å². The van der Waals surface area contributed by atoms with Crippen molar-refractivity contribution in [3.8, 4) is 11.5 Å². The van der Waals surface area contributed by atoms with Crippen molar-refractivity contribution in [1.29, 1.82) is 0 Å². The molecule has 0 amide bonds. The third-order valence-corrected chi connectivity index (χ3v) is 4.29. The molecule has 0 N–H and O–H groups in total. The van der Waals surface area contributed by atoms with E-state index in [1.54, 1.807) is 31.2 Å². The highest BCUT2D eigenvalue weighted by atomic mass is 19.1. The first-order valence-corrected chi connectivity index (χ1v) is 8.21. The van der Waals surface area contributed by atoms with Crippen LogP contribution in [-0.2, 0) is 6.61 Å². The minimum Gasteiger partial charge on any atom is -0.488 e. The number of furan rings is 1. The number of hydrogen-bond acceptors (Lipinski definition) is 4. The second-order valence-corrected chi connectivity index (χ2v) is 6.01. The van der Waals surface area contributed by atoms with E-state index < -0.39 is 11.6 Å². The summed E-state index contributed by atoms with van der Waals surface area (Å²) in [6, 6.07) is 10.2. The van der Waals surface area contributed by atoms with E-state index in [0.29, 0.717) is 28.4 Å². The maximum absolute atomic E-state index is 13.8. The molecule has 0 radical (unpaired) electrons. The van der Waals surface area contributed by atoms with Crippen LogP contribution in [0.2, 0.25) is 0 Å². The first-order chi connectivity index (χ1) is 13.0. The standard InChI is InChI=1S/C21H14F2O4/c1-12-18(26-11-15-16(22)5-2-6-17(15)23)8-7-14-20(24)19(27-21(12)14)10-13-4-3-9-25-13/h2-10H,11H2,1H3/b19-10-. The molecular weight excluding hydrogens is 354 g/mol. The van der Waals surface area contributed by atoms with Crippen molar-refractivity contribution in [3.63, 3.8) is 0 Å². The van der Waals surface area contributed by atoms with Gasteiger partial charge in [-0.05, 0) is 43.3 Å². The number of fused-ring (bicyclic) bond motifs is 1. The van der Waals surface area contributed by atoms with Crippen LogP contribution in [-0.4, -0.2) is 5.78 Å². The summed E-state index contributed by atoms with van der Waals surface area (Å²) in [6.07, 6.45) is 3.01. The van der Waals surface area contributed by atoms with Crippen molar-refractivity contribution in [1.82, 2.24) is 0 Å². The molecule has 0 atom stereocenters. The van der Waals surface area contributed by atoms with E-state index in [1.807, 2.05) is 0 Å². The lowest BCUT2D eigenvalue weighted by Gasteiger charge is -2.12. The van der Waals surface area contributed by atoms with Crippen LogP contribution >= 0.6 is 0 Å². The number of rotatable bonds is 4. The summed E-state index contributed by atoms with van der Waals surface area (Å²) >= 11 is 0. The fourth-order valence-corrected chi connectivity index (χ4v) is 2.85. The van der Waals surface area contributed by atoms with Crippen LogP contribution in [0.1, 0.15) is 27.2 Å². The van der Waals surface area contributed by atoms with Crippen LogP contribution in [0.5, 0.6) is 11.5 Å². The fourth-order valence-electron chi connectivity index (χ4n) is 2.85. The average molecular weight is 368 g/mol. The Kier molecular flexibility index (Phi) is 4.24. The Bertz CT molecular complexity index is 1030. The van der Waals surface area contributed by atoms with E-state index in [0.717, 1.165) is 0 Å². The first-order valence-electron chi connectivity index (χ1n) is 8.21. The summed E-state index contributed by atoms with van der Waals surface area (Å²) in [4.78, 5) is 12.5. The van der Waals surface area contributed by atoms with Gasteiger partial charge in [-0.3, -0.25) is 4.79 Å². The highest BCUT2D eigenvalue weighted by molar-refractivity contribution is 6.14. The van der Waals surface area contributed by atoms with Crippen molar-refractivity contribution in [2.45, 2.75) is 13.5 Å². The van der Waals surface area contributed by atoms with Crippen LogP contribution in [0.15, 0.2) is 58.9 Å². The number of benzene rings is 2. The van der Waals surface area contributed by atoms with Gasteiger partial charge in [0, 0.05) is 11.6 Å². The Morgan fingerprint density at radius 1 is 1.07 bits per heavy atom. The Morgan fingerprint density at radius 3 is 2.56 bits per heavy atom. The summed E-state index contributed by atoms with van der Waals surface area (Å²) in [5.74, 6) is -0.243. The predicted octanol–water partition coefficient (Wildman–Crippen LogP) is 5.06. The van der Waals surface area contributed by atoms with Crippen molar-refractivity contribution in [2.24, 2.45) is 0 Å². The Labute approximate surface area is 153 Å². The Morgan fingerprint density at radius 2 is 1.85 bits per heavy atom. The van der Waals surface area contributed by atoms with Crippen LogP contribution in [0, 0.1) is 18.6 Å². The molecule has 0 spiro atoms. The molecule has 3 aromatic rings. The van der Waals surface area contributed by atoms with Crippen molar-refractivity contribution in [3.05, 3.63) is 88.6 Å². The molecule has 27 heavy (non-hydrogen) atoms. The molecular formula is C21H14F2O4. The molecule has 0 unspecified atom stereocenters. The molecule has 0 saturated heterocycles. The van der Waals surface area contributed by atoms with Crippen LogP contribution in [0.25, 0.3) is 6.08 Å². The lowest BCUT2D eigenvalue weighted by atomic mass is 10.1. The van der Waals surface area contributed by atoms with E-state index in [9.17, 15) is 13.6 Å². The number of ketones is 1. The minimum absolute atomic E-state index is 0.139. The predicted molar refractivity (Wildman–Crippen MR) is 93.5 cm³/mol. The molecule has 2 aromatic carbocycles. The Hall–Kier alpha value is -3.41. The zero-order valence-corrected chi connectivity index (χ0v) is 14.3. The molecule has 0 saturated carbocycles. The fraction of sp³-hybridized carbons (Fsp3) is 0.0952. The summed E-state index contributed by atoms with van der Waals surface area (Å²) < 4.78 is 44.0. The number of ether oxygens (including phenoxy) is 2. The van der Waals surface area contributed by atoms with Crippen LogP contribution < -0.4 is 9.47 Å². The maximum atomic E-state index is 13.8. The SMILES string of the molecule is Cc1c(OCc2c(F)cccc2F)ccc2c1O/C(=C\c1ccco1)C2=O. The quantitative estimate of drug-likeness (QED) is 0.604. The normalized spacial score (nSPS) is 14.3. The molecule has 1 aromatic heterocycles. The zero-order chi connectivity index (χ0) is 19.0. The van der Waals surface area contributed by atoms with E-state index in [1.165, 1.54) is 30.5 Å². The van der Waals surface area contributed by atoms with Gasteiger partial charge >= 0.3 is 0 Å². The second kappa shape index (κ2) is 6.72. The topological polar surface area (TPSA) is 48.7 Å². The third kappa shape index (κ3) is 3.10. The molecule has 0 bridgehead atoms. The van der Waals surface area contributed by atoms with Crippen LogP contribution in [0.3, 0.4) is 0 Å². The summed E-state index contributed by atoms with van der Waals surface area (Å²) in [5, 5.41) is 0. The van der Waals surface area contributed by atoms with Gasteiger partial charge < -0.3 is 13.9 Å². The number of allylic oxidation sites excluding steroid dienone is 1. The highest BCUT2D eigenvalue weighted by Crippen LogP contribution is 2.39. The first kappa shape index (κ1) is 17.0. The van der Waals surface area contributed by atoms with Gasteiger partial charge in [0.15, 0.2) is 5.76 Å². The zero-order valence-electron chi connectivity index (χ0n) is 14.3. The molecule has 6 heteroatoms. The molecule has 1 aliphatic rings. The van der Waals surface area contributed by atoms with Crippen molar-refractivity contribution < 1.29 is 27.5 Å². The molecule has 0 fully saturated rings. The number of carbonyl (C=O) groups excluding carboxylic acids is 1. The molecule has 2 heterocycles. The summed E-state index contributed by atoms with van der Waals surface area (Å²) in [7, 11) is 0. The Balaban J connectivity index is 1.60. The van der Waals surface area contributed by atoms with E-state index >= 15 is 0 Å². The van der Waals surface area contributed by atoms with Gasteiger partial charge in [-0.15, -0.1) is 0 Å². The van der Waals surface area contributed by atoms with E-state index in [2.05, 4.69) is 0 Å². The third-order valence-electron chi connectivity index (χ3n) is 4.29. The molecule has 4 nitrogen and oxygen atoms in total. The lowest BCUT2D eigenvalue weighted by molar-refractivity contribution is 0.101. The molecule has 136 valence electrons. The number of halogens is 2. The van der Waals surface area contributed by atoms with E-state index in [4.69, 9.17) is 13.9 Å². The van der Waals surface area contributed by atoms with Crippen LogP contribution in [0.4, 0.5) is 8.78 Å². The minimum atomic E-state index is -0.677. The van der Waals surface area contributed by atoms with Crippen molar-refractivity contribution in [2.75, 3.05) is 0 Å². The molecule has 4 rings (SSSR count).